The van der Waals surface area contributed by atoms with E-state index in [0.29, 0.717) is 19.0 Å². The van der Waals surface area contributed by atoms with Crippen molar-refractivity contribution in [1.82, 2.24) is 10.6 Å². The van der Waals surface area contributed by atoms with Gasteiger partial charge in [-0.1, -0.05) is 38.0 Å². The van der Waals surface area contributed by atoms with Crippen LogP contribution in [0, 0.1) is 18.3 Å². The minimum atomic E-state index is -0.260. The summed E-state index contributed by atoms with van der Waals surface area (Å²) in [4.78, 5) is 11.9. The van der Waals surface area contributed by atoms with Crippen molar-refractivity contribution in [3.05, 3.63) is 29.8 Å². The molecule has 0 heterocycles. The van der Waals surface area contributed by atoms with Crippen LogP contribution in [0.4, 0.5) is 0 Å². The van der Waals surface area contributed by atoms with Gasteiger partial charge in [-0.2, -0.15) is 0 Å². The molecule has 114 valence electrons. The molecule has 1 atom stereocenters. The molecule has 1 amide bonds. The molecule has 4 nitrogen and oxygen atoms in total. The largest absolute Gasteiger partial charge is 0.481 e. The standard InChI is InChI=1S/C17H24N2O2/c1-5-10-21-16-9-7-6-8-15(16)12-18-14(4)17(20)19-11-13(2)3/h1,6-9,13-14,18H,10-12H2,2-4H3,(H,19,20). The normalized spacial score (nSPS) is 11.8. The molecular formula is C17H24N2O2. The lowest BCUT2D eigenvalue weighted by Gasteiger charge is -2.16. The van der Waals surface area contributed by atoms with Gasteiger partial charge in [-0.05, 0) is 18.9 Å². The number of para-hydroxylation sites is 1. The molecule has 0 aromatic heterocycles. The van der Waals surface area contributed by atoms with Crippen LogP contribution in [0.5, 0.6) is 5.75 Å². The molecule has 0 aliphatic rings. The molecule has 1 aromatic carbocycles. The van der Waals surface area contributed by atoms with Gasteiger partial charge in [0.1, 0.15) is 12.4 Å². The van der Waals surface area contributed by atoms with Crippen molar-refractivity contribution in [1.29, 1.82) is 0 Å². The van der Waals surface area contributed by atoms with Crippen LogP contribution < -0.4 is 15.4 Å². The maximum atomic E-state index is 11.9. The van der Waals surface area contributed by atoms with E-state index in [4.69, 9.17) is 11.2 Å². The molecule has 0 saturated heterocycles. The first-order chi connectivity index (χ1) is 10.0. The molecule has 1 unspecified atom stereocenters. The second kappa shape index (κ2) is 9.04. The molecule has 4 heteroatoms. The molecule has 0 aliphatic heterocycles. The predicted octanol–water partition coefficient (Wildman–Crippen LogP) is 1.95. The Hall–Kier alpha value is -1.99. The van der Waals surface area contributed by atoms with Gasteiger partial charge < -0.3 is 15.4 Å². The topological polar surface area (TPSA) is 50.4 Å². The number of hydrogen-bond donors (Lipinski definition) is 2. The van der Waals surface area contributed by atoms with E-state index in [-0.39, 0.29) is 18.6 Å². The molecule has 0 radical (unpaired) electrons. The van der Waals surface area contributed by atoms with Gasteiger partial charge in [0, 0.05) is 18.7 Å². The summed E-state index contributed by atoms with van der Waals surface area (Å²) < 4.78 is 5.48. The molecule has 1 rings (SSSR count). The first-order valence-corrected chi connectivity index (χ1v) is 7.19. The lowest BCUT2D eigenvalue weighted by Crippen LogP contribution is -2.43. The second-order valence-corrected chi connectivity index (χ2v) is 5.34. The highest BCUT2D eigenvalue weighted by atomic mass is 16.5. The van der Waals surface area contributed by atoms with E-state index >= 15 is 0 Å². The number of carbonyl (C=O) groups excluding carboxylic acids is 1. The summed E-state index contributed by atoms with van der Waals surface area (Å²) in [6.07, 6.45) is 5.20. The van der Waals surface area contributed by atoms with E-state index in [1.165, 1.54) is 0 Å². The highest BCUT2D eigenvalue weighted by Gasteiger charge is 2.13. The van der Waals surface area contributed by atoms with Crippen LogP contribution in [0.25, 0.3) is 0 Å². The zero-order chi connectivity index (χ0) is 15.7. The third-order valence-corrected chi connectivity index (χ3v) is 2.96. The number of terminal acetylenes is 1. The Balaban J connectivity index is 2.51. The Morgan fingerprint density at radius 1 is 1.33 bits per heavy atom. The third kappa shape index (κ3) is 6.33. The van der Waals surface area contributed by atoms with Gasteiger partial charge in [0.05, 0.1) is 6.04 Å². The number of hydrogen-bond acceptors (Lipinski definition) is 3. The number of benzene rings is 1. The van der Waals surface area contributed by atoms with Gasteiger partial charge in [0.2, 0.25) is 5.91 Å². The van der Waals surface area contributed by atoms with Crippen molar-refractivity contribution < 1.29 is 9.53 Å². The summed E-state index contributed by atoms with van der Waals surface area (Å²) in [5.74, 6) is 3.64. The molecule has 0 spiro atoms. The van der Waals surface area contributed by atoms with Crippen LogP contribution >= 0.6 is 0 Å². The maximum absolute atomic E-state index is 11.9. The summed E-state index contributed by atoms with van der Waals surface area (Å²) in [6, 6.07) is 7.40. The quantitative estimate of drug-likeness (QED) is 0.719. The van der Waals surface area contributed by atoms with Crippen LogP contribution in [0.1, 0.15) is 26.3 Å². The molecule has 0 aliphatic carbocycles. The number of amides is 1. The summed E-state index contributed by atoms with van der Waals surface area (Å²) in [5.41, 5.74) is 0.983. The summed E-state index contributed by atoms with van der Waals surface area (Å²) in [7, 11) is 0. The van der Waals surface area contributed by atoms with E-state index in [1.54, 1.807) is 0 Å². The van der Waals surface area contributed by atoms with E-state index in [1.807, 2.05) is 31.2 Å². The van der Waals surface area contributed by atoms with Crippen LogP contribution in [0.3, 0.4) is 0 Å². The first kappa shape index (κ1) is 17.1. The lowest BCUT2D eigenvalue weighted by molar-refractivity contribution is -0.122. The zero-order valence-electron chi connectivity index (χ0n) is 13.0. The zero-order valence-corrected chi connectivity index (χ0v) is 13.0. The fourth-order valence-corrected chi connectivity index (χ4v) is 1.72. The highest BCUT2D eigenvalue weighted by molar-refractivity contribution is 5.81. The summed E-state index contributed by atoms with van der Waals surface area (Å²) in [6.45, 7) is 7.46. The minimum absolute atomic E-state index is 0.00530. The number of carbonyl (C=O) groups is 1. The van der Waals surface area contributed by atoms with Gasteiger partial charge in [-0.3, -0.25) is 4.79 Å². The monoisotopic (exact) mass is 288 g/mol. The van der Waals surface area contributed by atoms with Crippen molar-refractivity contribution in [2.75, 3.05) is 13.2 Å². The Kier molecular flexibility index (Phi) is 7.34. The molecular weight excluding hydrogens is 264 g/mol. The average Bonchev–Trinajstić information content (AvgIpc) is 2.48. The van der Waals surface area contributed by atoms with Crippen LogP contribution in [0.15, 0.2) is 24.3 Å². The molecule has 2 N–H and O–H groups in total. The van der Waals surface area contributed by atoms with Crippen molar-refractivity contribution in [3.63, 3.8) is 0 Å². The van der Waals surface area contributed by atoms with Gasteiger partial charge in [0.15, 0.2) is 0 Å². The second-order valence-electron chi connectivity index (χ2n) is 5.34. The van der Waals surface area contributed by atoms with Gasteiger partial charge >= 0.3 is 0 Å². The third-order valence-electron chi connectivity index (χ3n) is 2.96. The molecule has 0 bridgehead atoms. The maximum Gasteiger partial charge on any atom is 0.236 e. The van der Waals surface area contributed by atoms with E-state index in [2.05, 4.69) is 30.4 Å². The van der Waals surface area contributed by atoms with E-state index in [0.717, 1.165) is 11.3 Å². The predicted molar refractivity (Wildman–Crippen MR) is 84.9 cm³/mol. The summed E-state index contributed by atoms with van der Waals surface area (Å²) in [5, 5.41) is 6.10. The van der Waals surface area contributed by atoms with Gasteiger partial charge in [-0.15, -0.1) is 6.42 Å². The minimum Gasteiger partial charge on any atom is -0.481 e. The smallest absolute Gasteiger partial charge is 0.236 e. The van der Waals surface area contributed by atoms with Crippen LogP contribution in [-0.4, -0.2) is 25.1 Å². The number of ether oxygens (including phenoxy) is 1. The molecule has 1 aromatic rings. The van der Waals surface area contributed by atoms with Crippen molar-refractivity contribution >= 4 is 5.91 Å². The molecule has 0 saturated carbocycles. The average molecular weight is 288 g/mol. The molecule has 0 fully saturated rings. The molecule has 21 heavy (non-hydrogen) atoms. The van der Waals surface area contributed by atoms with Crippen molar-refractivity contribution in [2.45, 2.75) is 33.4 Å². The van der Waals surface area contributed by atoms with E-state index in [9.17, 15) is 4.79 Å². The van der Waals surface area contributed by atoms with Crippen molar-refractivity contribution in [2.24, 2.45) is 5.92 Å². The Bertz CT molecular complexity index is 492. The SMILES string of the molecule is C#CCOc1ccccc1CNC(C)C(=O)NCC(C)C. The number of rotatable bonds is 8. The lowest BCUT2D eigenvalue weighted by atomic mass is 10.2. The van der Waals surface area contributed by atoms with Crippen molar-refractivity contribution in [3.8, 4) is 18.1 Å². The van der Waals surface area contributed by atoms with Crippen LogP contribution in [0.2, 0.25) is 0 Å². The first-order valence-electron chi connectivity index (χ1n) is 7.19. The summed E-state index contributed by atoms with van der Waals surface area (Å²) >= 11 is 0. The Labute approximate surface area is 127 Å². The van der Waals surface area contributed by atoms with Gasteiger partial charge in [0.25, 0.3) is 0 Å². The highest BCUT2D eigenvalue weighted by Crippen LogP contribution is 2.17. The van der Waals surface area contributed by atoms with Crippen LogP contribution in [-0.2, 0) is 11.3 Å². The fraction of sp³-hybridized carbons (Fsp3) is 0.471. The van der Waals surface area contributed by atoms with E-state index < -0.39 is 0 Å². The fourth-order valence-electron chi connectivity index (χ4n) is 1.72. The number of nitrogens with one attached hydrogen (secondary N) is 2. The van der Waals surface area contributed by atoms with Gasteiger partial charge in [-0.25, -0.2) is 0 Å². The Morgan fingerprint density at radius 3 is 2.71 bits per heavy atom. The Morgan fingerprint density at radius 2 is 2.05 bits per heavy atom.